The number of nitrogens with zero attached hydrogens (tertiary/aromatic N) is 2. The van der Waals surface area contributed by atoms with E-state index in [2.05, 4.69) is 17.2 Å². The minimum Gasteiger partial charge on any atom is -0.475 e. The van der Waals surface area contributed by atoms with Gasteiger partial charge in [-0.15, -0.1) is 0 Å². The summed E-state index contributed by atoms with van der Waals surface area (Å²) in [6.45, 7) is 4.84. The smallest absolute Gasteiger partial charge is 0.321 e. The first kappa shape index (κ1) is 15.6. The maximum absolute atomic E-state index is 12.1. The van der Waals surface area contributed by atoms with E-state index in [0.717, 1.165) is 25.9 Å². The molecule has 6 nitrogen and oxygen atoms in total. The van der Waals surface area contributed by atoms with E-state index in [-0.39, 0.29) is 6.03 Å². The van der Waals surface area contributed by atoms with E-state index in [1.165, 1.54) is 0 Å². The highest BCUT2D eigenvalue weighted by Gasteiger charge is 2.20. The third-order valence-corrected chi connectivity index (χ3v) is 3.60. The van der Waals surface area contributed by atoms with E-state index in [1.807, 2.05) is 4.90 Å². The molecule has 0 aromatic carbocycles. The van der Waals surface area contributed by atoms with E-state index < -0.39 is 0 Å². The number of hydrogen-bond acceptors (Lipinski definition) is 4. The molecule has 1 fully saturated rings. The number of nitrogens with one attached hydrogen (secondary N) is 1. The van der Waals surface area contributed by atoms with Crippen molar-refractivity contribution in [3.05, 3.63) is 18.3 Å². The molecule has 1 saturated heterocycles. The number of methoxy groups -OCH3 is 1. The Balaban J connectivity index is 1.81. The van der Waals surface area contributed by atoms with Crippen molar-refractivity contribution >= 4 is 11.7 Å². The molecule has 1 aromatic heterocycles. The van der Waals surface area contributed by atoms with Gasteiger partial charge in [-0.25, -0.2) is 9.78 Å². The molecule has 21 heavy (non-hydrogen) atoms. The average molecular weight is 293 g/mol. The molecule has 0 aliphatic carbocycles. The van der Waals surface area contributed by atoms with Crippen molar-refractivity contribution in [2.24, 2.45) is 5.92 Å². The average Bonchev–Trinajstić information content (AvgIpc) is 2.50. The lowest BCUT2D eigenvalue weighted by Gasteiger charge is -2.30. The number of carbonyl (C=O) groups excluding carboxylic acids is 1. The highest BCUT2D eigenvalue weighted by molar-refractivity contribution is 5.89. The third-order valence-electron chi connectivity index (χ3n) is 3.60. The number of aromatic nitrogens is 1. The van der Waals surface area contributed by atoms with Crippen molar-refractivity contribution in [3.63, 3.8) is 0 Å². The predicted octanol–water partition coefficient (Wildman–Crippen LogP) is 2.37. The number of ether oxygens (including phenoxy) is 2. The molecule has 0 atom stereocenters. The van der Waals surface area contributed by atoms with E-state index in [1.54, 1.807) is 25.4 Å². The molecule has 2 rings (SSSR count). The summed E-state index contributed by atoms with van der Waals surface area (Å²) in [6, 6.07) is 3.47. The summed E-state index contributed by atoms with van der Waals surface area (Å²) in [4.78, 5) is 18.1. The summed E-state index contributed by atoms with van der Waals surface area (Å²) < 4.78 is 10.3. The molecule has 0 saturated carbocycles. The molecule has 2 amide bonds. The van der Waals surface area contributed by atoms with Crippen molar-refractivity contribution in [2.75, 3.05) is 38.7 Å². The van der Waals surface area contributed by atoms with E-state index in [4.69, 9.17) is 9.47 Å². The second-order valence-electron chi connectivity index (χ2n) is 5.33. The Morgan fingerprint density at radius 3 is 2.76 bits per heavy atom. The second kappa shape index (κ2) is 7.83. The number of urea groups is 1. The van der Waals surface area contributed by atoms with Crippen molar-refractivity contribution in [2.45, 2.75) is 19.8 Å². The molecule has 1 aromatic rings. The van der Waals surface area contributed by atoms with E-state index in [0.29, 0.717) is 30.7 Å². The van der Waals surface area contributed by atoms with Crippen LogP contribution in [0.3, 0.4) is 0 Å². The Bertz CT molecular complexity index is 442. The standard InChI is InChI=1S/C15H23N3O3/c1-12-5-7-18(8-6-12)15(19)17-13-3-4-14(16-11-13)21-10-9-20-2/h3-4,11-12H,5-10H2,1-2H3,(H,17,19). The van der Waals surface area contributed by atoms with Gasteiger partial charge in [-0.05, 0) is 24.8 Å². The van der Waals surface area contributed by atoms with Crippen LogP contribution in [0.25, 0.3) is 0 Å². The Hall–Kier alpha value is -1.82. The summed E-state index contributed by atoms with van der Waals surface area (Å²) in [5, 5.41) is 2.87. The number of likely N-dealkylation sites (tertiary alicyclic amines) is 1. The molecule has 2 heterocycles. The summed E-state index contributed by atoms with van der Waals surface area (Å²) in [6.07, 6.45) is 3.74. The summed E-state index contributed by atoms with van der Waals surface area (Å²) in [7, 11) is 1.62. The molecular formula is C15H23N3O3. The van der Waals surface area contributed by atoms with Gasteiger partial charge in [0, 0.05) is 26.3 Å². The Labute approximate surface area is 125 Å². The number of carbonyl (C=O) groups is 1. The minimum absolute atomic E-state index is 0.0586. The Morgan fingerprint density at radius 2 is 2.14 bits per heavy atom. The van der Waals surface area contributed by atoms with Crippen LogP contribution in [-0.2, 0) is 4.74 Å². The van der Waals surface area contributed by atoms with Gasteiger partial charge in [0.1, 0.15) is 6.61 Å². The Kier molecular flexibility index (Phi) is 5.80. The highest BCUT2D eigenvalue weighted by Crippen LogP contribution is 2.17. The van der Waals surface area contributed by atoms with Gasteiger partial charge in [-0.1, -0.05) is 6.92 Å². The first-order chi connectivity index (χ1) is 10.2. The summed E-state index contributed by atoms with van der Waals surface area (Å²) >= 11 is 0. The fraction of sp³-hybridized carbons (Fsp3) is 0.600. The lowest BCUT2D eigenvalue weighted by molar-refractivity contribution is 0.144. The number of pyridine rings is 1. The second-order valence-corrected chi connectivity index (χ2v) is 5.33. The topological polar surface area (TPSA) is 63.7 Å². The number of piperidine rings is 1. The van der Waals surface area contributed by atoms with Gasteiger partial charge >= 0.3 is 6.03 Å². The predicted molar refractivity (Wildman–Crippen MR) is 80.6 cm³/mol. The maximum Gasteiger partial charge on any atom is 0.321 e. The molecule has 0 radical (unpaired) electrons. The molecule has 116 valence electrons. The van der Waals surface area contributed by atoms with Crippen LogP contribution in [0.15, 0.2) is 18.3 Å². The summed E-state index contributed by atoms with van der Waals surface area (Å²) in [5.41, 5.74) is 0.678. The molecule has 1 aliphatic rings. The SMILES string of the molecule is COCCOc1ccc(NC(=O)N2CCC(C)CC2)cn1. The van der Waals surface area contributed by atoms with Crippen LogP contribution >= 0.6 is 0 Å². The van der Waals surface area contributed by atoms with Crippen LogP contribution in [0.2, 0.25) is 0 Å². The fourth-order valence-electron chi connectivity index (χ4n) is 2.18. The van der Waals surface area contributed by atoms with Crippen LogP contribution in [0.1, 0.15) is 19.8 Å². The third kappa shape index (κ3) is 4.90. The monoisotopic (exact) mass is 293 g/mol. The molecule has 1 N–H and O–H groups in total. The Morgan fingerprint density at radius 1 is 1.38 bits per heavy atom. The van der Waals surface area contributed by atoms with E-state index in [9.17, 15) is 4.79 Å². The van der Waals surface area contributed by atoms with Gasteiger partial charge in [-0.2, -0.15) is 0 Å². The number of rotatable bonds is 5. The minimum atomic E-state index is -0.0586. The van der Waals surface area contributed by atoms with Crippen molar-refractivity contribution in [1.82, 2.24) is 9.88 Å². The number of hydrogen-bond donors (Lipinski definition) is 1. The van der Waals surface area contributed by atoms with Crippen LogP contribution in [0, 0.1) is 5.92 Å². The number of anilines is 1. The molecular weight excluding hydrogens is 270 g/mol. The van der Waals surface area contributed by atoms with Crippen LogP contribution < -0.4 is 10.1 Å². The molecule has 6 heteroatoms. The summed E-state index contributed by atoms with van der Waals surface area (Å²) in [5.74, 6) is 1.23. The lowest BCUT2D eigenvalue weighted by Crippen LogP contribution is -2.40. The van der Waals surface area contributed by atoms with Gasteiger partial charge in [0.05, 0.1) is 18.5 Å². The first-order valence-electron chi connectivity index (χ1n) is 7.32. The molecule has 1 aliphatic heterocycles. The van der Waals surface area contributed by atoms with Crippen LogP contribution in [0.4, 0.5) is 10.5 Å². The largest absolute Gasteiger partial charge is 0.475 e. The van der Waals surface area contributed by atoms with Crippen molar-refractivity contribution in [3.8, 4) is 5.88 Å². The first-order valence-corrected chi connectivity index (χ1v) is 7.32. The molecule has 0 spiro atoms. The van der Waals surface area contributed by atoms with Gasteiger partial charge in [0.15, 0.2) is 0 Å². The van der Waals surface area contributed by atoms with Gasteiger partial charge < -0.3 is 19.7 Å². The van der Waals surface area contributed by atoms with Crippen molar-refractivity contribution < 1.29 is 14.3 Å². The van der Waals surface area contributed by atoms with Gasteiger partial charge in [-0.3, -0.25) is 0 Å². The van der Waals surface area contributed by atoms with Gasteiger partial charge in [0.2, 0.25) is 5.88 Å². The van der Waals surface area contributed by atoms with Crippen LogP contribution in [0.5, 0.6) is 5.88 Å². The zero-order chi connectivity index (χ0) is 15.1. The normalized spacial score (nSPS) is 15.8. The highest BCUT2D eigenvalue weighted by atomic mass is 16.5. The van der Waals surface area contributed by atoms with Crippen molar-refractivity contribution in [1.29, 1.82) is 0 Å². The molecule has 0 bridgehead atoms. The van der Waals surface area contributed by atoms with E-state index >= 15 is 0 Å². The quantitative estimate of drug-likeness (QED) is 0.847. The van der Waals surface area contributed by atoms with Gasteiger partial charge in [0.25, 0.3) is 0 Å². The van der Waals surface area contributed by atoms with Crippen LogP contribution in [-0.4, -0.2) is 49.3 Å². The maximum atomic E-state index is 12.1. The fourth-order valence-corrected chi connectivity index (χ4v) is 2.18. The zero-order valence-corrected chi connectivity index (χ0v) is 12.7. The lowest BCUT2D eigenvalue weighted by atomic mass is 10.00. The number of amides is 2. The molecule has 0 unspecified atom stereocenters. The zero-order valence-electron chi connectivity index (χ0n) is 12.7.